The average Bonchev–Trinajstić information content (AvgIpc) is 3.43. The summed E-state index contributed by atoms with van der Waals surface area (Å²) < 4.78 is 44.4. The number of hydrogen-bond acceptors (Lipinski definition) is 4. The lowest BCUT2D eigenvalue weighted by molar-refractivity contribution is 0.0681. The van der Waals surface area contributed by atoms with Crippen LogP contribution in [0, 0.1) is 5.82 Å². The molecule has 0 unspecified atom stereocenters. The Morgan fingerprint density at radius 1 is 1.00 bits per heavy atom. The SMILES string of the molecule is Cn1nc(-c2cccc(F)c2)c2ncc(CN3CCC(c4nc5ccccc5n4C(F)F)CC3)cc21. The van der Waals surface area contributed by atoms with Gasteiger partial charge in [0.15, 0.2) is 0 Å². The van der Waals surface area contributed by atoms with Gasteiger partial charge in [0.05, 0.1) is 16.6 Å². The summed E-state index contributed by atoms with van der Waals surface area (Å²) in [6, 6.07) is 15.5. The largest absolute Gasteiger partial charge is 0.320 e. The van der Waals surface area contributed by atoms with Crippen molar-refractivity contribution in [1.82, 2.24) is 29.2 Å². The van der Waals surface area contributed by atoms with Gasteiger partial charge in [0.2, 0.25) is 0 Å². The van der Waals surface area contributed by atoms with Gasteiger partial charge in [-0.3, -0.25) is 19.1 Å². The van der Waals surface area contributed by atoms with Crippen molar-refractivity contribution in [3.63, 3.8) is 0 Å². The van der Waals surface area contributed by atoms with Crippen molar-refractivity contribution < 1.29 is 13.2 Å². The molecule has 4 heterocycles. The van der Waals surface area contributed by atoms with Crippen molar-refractivity contribution in [2.75, 3.05) is 13.1 Å². The molecule has 0 spiro atoms. The van der Waals surface area contributed by atoms with Crippen molar-refractivity contribution in [3.8, 4) is 11.3 Å². The molecule has 6 rings (SSSR count). The lowest BCUT2D eigenvalue weighted by Crippen LogP contribution is -2.33. The summed E-state index contributed by atoms with van der Waals surface area (Å²) in [7, 11) is 1.86. The van der Waals surface area contributed by atoms with Crippen LogP contribution in [0.15, 0.2) is 60.8 Å². The monoisotopic (exact) mass is 490 g/mol. The highest BCUT2D eigenvalue weighted by Crippen LogP contribution is 2.34. The molecule has 0 aliphatic carbocycles. The Balaban J connectivity index is 1.19. The lowest BCUT2D eigenvalue weighted by atomic mass is 9.95. The van der Waals surface area contributed by atoms with Crippen molar-refractivity contribution in [2.45, 2.75) is 31.9 Å². The van der Waals surface area contributed by atoms with Gasteiger partial charge in [0.1, 0.15) is 22.9 Å². The van der Waals surface area contributed by atoms with Crippen LogP contribution in [0.25, 0.3) is 33.3 Å². The summed E-state index contributed by atoms with van der Waals surface area (Å²) in [5.41, 5.74) is 5.11. The number of rotatable bonds is 5. The number of para-hydroxylation sites is 2. The van der Waals surface area contributed by atoms with Crippen molar-refractivity contribution in [3.05, 3.63) is 78.0 Å². The number of fused-ring (bicyclic) bond motifs is 2. The van der Waals surface area contributed by atoms with E-state index < -0.39 is 6.55 Å². The smallest absolute Gasteiger partial charge is 0.299 e. The zero-order valence-electron chi connectivity index (χ0n) is 19.8. The predicted octanol–water partition coefficient (Wildman–Crippen LogP) is 5.90. The number of aryl methyl sites for hydroxylation is 1. The second-order valence-electron chi connectivity index (χ2n) is 9.35. The number of halogens is 3. The summed E-state index contributed by atoms with van der Waals surface area (Å²) in [6.45, 7) is -0.328. The van der Waals surface area contributed by atoms with E-state index in [9.17, 15) is 13.2 Å². The maximum atomic E-state index is 13.9. The number of alkyl halides is 2. The number of likely N-dealkylation sites (tertiary alicyclic amines) is 1. The maximum absolute atomic E-state index is 13.9. The summed E-state index contributed by atoms with van der Waals surface area (Å²) in [4.78, 5) is 11.5. The van der Waals surface area contributed by atoms with E-state index in [1.165, 1.54) is 12.1 Å². The molecule has 0 atom stereocenters. The van der Waals surface area contributed by atoms with Gasteiger partial charge in [0, 0.05) is 31.3 Å². The van der Waals surface area contributed by atoms with Crippen molar-refractivity contribution >= 4 is 22.1 Å². The van der Waals surface area contributed by atoms with Crippen LogP contribution in [-0.4, -0.2) is 42.3 Å². The molecule has 36 heavy (non-hydrogen) atoms. The lowest BCUT2D eigenvalue weighted by Gasteiger charge is -2.31. The number of nitrogens with zero attached hydrogens (tertiary/aromatic N) is 6. The highest BCUT2D eigenvalue weighted by molar-refractivity contribution is 5.90. The van der Waals surface area contributed by atoms with Crippen molar-refractivity contribution in [1.29, 1.82) is 0 Å². The van der Waals surface area contributed by atoms with Crippen LogP contribution in [0.3, 0.4) is 0 Å². The van der Waals surface area contributed by atoms with Crippen LogP contribution >= 0.6 is 0 Å². The minimum Gasteiger partial charge on any atom is -0.299 e. The molecule has 6 nitrogen and oxygen atoms in total. The molecule has 2 aromatic carbocycles. The number of piperidine rings is 1. The molecule has 1 fully saturated rings. The Bertz CT molecular complexity index is 1550. The fourth-order valence-corrected chi connectivity index (χ4v) is 5.26. The van der Waals surface area contributed by atoms with E-state index in [0.717, 1.165) is 47.1 Å². The van der Waals surface area contributed by atoms with E-state index in [1.807, 2.05) is 25.4 Å². The van der Waals surface area contributed by atoms with Gasteiger partial charge in [-0.1, -0.05) is 24.3 Å². The van der Waals surface area contributed by atoms with E-state index in [4.69, 9.17) is 0 Å². The first-order chi connectivity index (χ1) is 17.5. The Hall–Kier alpha value is -3.72. The first kappa shape index (κ1) is 22.7. The number of benzene rings is 2. The molecular formula is C27H25F3N6. The van der Waals surface area contributed by atoms with Crippen LogP contribution in [0.5, 0.6) is 0 Å². The third-order valence-corrected chi connectivity index (χ3v) is 7.02. The number of imidazole rings is 1. The van der Waals surface area contributed by atoms with Crippen LogP contribution in [0.1, 0.15) is 36.7 Å². The third kappa shape index (κ3) is 4.03. The van der Waals surface area contributed by atoms with Gasteiger partial charge in [-0.25, -0.2) is 9.37 Å². The Morgan fingerprint density at radius 2 is 1.81 bits per heavy atom. The fourth-order valence-electron chi connectivity index (χ4n) is 5.26. The molecule has 1 aliphatic rings. The second kappa shape index (κ2) is 9.05. The molecule has 0 N–H and O–H groups in total. The van der Waals surface area contributed by atoms with Crippen LogP contribution < -0.4 is 0 Å². The number of hydrogen-bond donors (Lipinski definition) is 0. The zero-order chi connectivity index (χ0) is 24.8. The van der Waals surface area contributed by atoms with Crippen LogP contribution in [0.2, 0.25) is 0 Å². The third-order valence-electron chi connectivity index (χ3n) is 7.02. The molecular weight excluding hydrogens is 465 g/mol. The van der Waals surface area contributed by atoms with Gasteiger partial charge in [-0.15, -0.1) is 0 Å². The summed E-state index contributed by atoms with van der Waals surface area (Å²) in [5.74, 6) is 0.165. The fraction of sp³-hybridized carbons (Fsp3) is 0.296. The molecule has 9 heteroatoms. The molecule has 3 aromatic heterocycles. The van der Waals surface area contributed by atoms with Gasteiger partial charge < -0.3 is 0 Å². The van der Waals surface area contributed by atoms with E-state index in [-0.39, 0.29) is 11.7 Å². The van der Waals surface area contributed by atoms with Gasteiger partial charge in [-0.2, -0.15) is 13.9 Å². The van der Waals surface area contributed by atoms with Crippen LogP contribution in [-0.2, 0) is 13.6 Å². The average molecular weight is 491 g/mol. The molecule has 184 valence electrons. The summed E-state index contributed by atoms with van der Waals surface area (Å²) in [6.07, 6.45) is 3.37. The van der Waals surface area contributed by atoms with Crippen molar-refractivity contribution in [2.24, 2.45) is 7.05 Å². The highest BCUT2D eigenvalue weighted by Gasteiger charge is 2.28. The standard InChI is InChI=1S/C27H25F3N6/c1-34-23-13-17(15-31-25(23)24(33-34)19-5-4-6-20(28)14-19)16-35-11-9-18(10-12-35)26-32-21-7-2-3-8-22(21)36(26)27(29)30/h2-8,13-15,18,27H,9-12,16H2,1H3. The molecule has 1 aliphatic heterocycles. The van der Waals surface area contributed by atoms with Crippen LogP contribution in [0.4, 0.5) is 13.2 Å². The van der Waals surface area contributed by atoms with Gasteiger partial charge in [-0.05, 0) is 61.8 Å². The van der Waals surface area contributed by atoms with E-state index >= 15 is 0 Å². The quantitative estimate of drug-likeness (QED) is 0.308. The topological polar surface area (TPSA) is 51.8 Å². The predicted molar refractivity (Wildman–Crippen MR) is 132 cm³/mol. The molecule has 5 aromatic rings. The number of pyridine rings is 1. The summed E-state index contributed by atoms with van der Waals surface area (Å²) >= 11 is 0. The normalized spacial score (nSPS) is 15.5. The van der Waals surface area contributed by atoms with E-state index in [0.29, 0.717) is 34.7 Å². The summed E-state index contributed by atoms with van der Waals surface area (Å²) in [5, 5.41) is 4.58. The first-order valence-corrected chi connectivity index (χ1v) is 12.0. The maximum Gasteiger partial charge on any atom is 0.320 e. The van der Waals surface area contributed by atoms with E-state index in [1.54, 1.807) is 28.9 Å². The molecule has 1 saturated heterocycles. The molecule has 0 saturated carbocycles. The first-order valence-electron chi connectivity index (χ1n) is 12.0. The number of aromatic nitrogens is 5. The molecule has 0 bridgehead atoms. The Morgan fingerprint density at radius 3 is 2.58 bits per heavy atom. The minimum atomic E-state index is -2.61. The molecule has 0 amide bonds. The van der Waals surface area contributed by atoms with E-state index in [2.05, 4.69) is 26.0 Å². The molecule has 0 radical (unpaired) electrons. The van der Waals surface area contributed by atoms with Gasteiger partial charge in [0.25, 0.3) is 0 Å². The highest BCUT2D eigenvalue weighted by atomic mass is 19.3. The zero-order valence-corrected chi connectivity index (χ0v) is 19.8. The second-order valence-corrected chi connectivity index (χ2v) is 9.35. The minimum absolute atomic E-state index is 0.00541. The Labute approximate surface area is 206 Å². The van der Waals surface area contributed by atoms with Gasteiger partial charge >= 0.3 is 6.55 Å². The Kier molecular flexibility index (Phi) is 5.72.